The van der Waals surface area contributed by atoms with Crippen LogP contribution in [0, 0.1) is 6.92 Å². The van der Waals surface area contributed by atoms with E-state index in [0.717, 1.165) is 35.5 Å². The van der Waals surface area contributed by atoms with E-state index in [0.29, 0.717) is 12.1 Å². The highest BCUT2D eigenvalue weighted by atomic mass is 32.1. The highest BCUT2D eigenvalue weighted by molar-refractivity contribution is 7.18. The van der Waals surface area contributed by atoms with Crippen LogP contribution < -0.4 is 10.1 Å². The van der Waals surface area contributed by atoms with Crippen molar-refractivity contribution in [2.45, 2.75) is 39.2 Å². The van der Waals surface area contributed by atoms with Crippen LogP contribution in [-0.4, -0.2) is 22.6 Å². The van der Waals surface area contributed by atoms with Gasteiger partial charge in [-0.3, -0.25) is 0 Å². The van der Waals surface area contributed by atoms with Gasteiger partial charge >= 0.3 is 0 Å². The summed E-state index contributed by atoms with van der Waals surface area (Å²) in [4.78, 5) is 11.3. The molecule has 1 saturated carbocycles. The molecule has 0 amide bonds. The van der Waals surface area contributed by atoms with Crippen molar-refractivity contribution in [3.63, 3.8) is 0 Å². The third-order valence-corrected chi connectivity index (χ3v) is 4.09. The average Bonchev–Trinajstić information content (AvgIpc) is 2.64. The molecule has 0 spiro atoms. The molecule has 3 rings (SSSR count). The molecular weight excluding hydrogens is 246 g/mol. The first-order valence-electron chi connectivity index (χ1n) is 6.45. The van der Waals surface area contributed by atoms with Crippen molar-refractivity contribution in [3.05, 3.63) is 10.9 Å². The minimum atomic E-state index is 0.345. The summed E-state index contributed by atoms with van der Waals surface area (Å²) in [5, 5.41) is 4.21. The number of fused-ring (bicyclic) bond motifs is 1. The van der Waals surface area contributed by atoms with E-state index in [1.165, 1.54) is 11.3 Å². The number of thiophene rings is 1. The Balaban J connectivity index is 2.01. The normalized spacial score (nSPS) is 15.7. The van der Waals surface area contributed by atoms with Crippen LogP contribution >= 0.6 is 11.3 Å². The van der Waals surface area contributed by atoms with Gasteiger partial charge in [-0.1, -0.05) is 0 Å². The van der Waals surface area contributed by atoms with E-state index in [1.807, 2.05) is 6.92 Å². The number of hydrogen-bond acceptors (Lipinski definition) is 5. The molecule has 1 N–H and O–H groups in total. The number of aryl methyl sites for hydroxylation is 1. The van der Waals surface area contributed by atoms with E-state index in [4.69, 9.17) is 4.74 Å². The first kappa shape index (κ1) is 11.7. The Morgan fingerprint density at radius 2 is 2.28 bits per heavy atom. The highest BCUT2D eigenvalue weighted by Gasteiger charge is 2.22. The van der Waals surface area contributed by atoms with Crippen molar-refractivity contribution in [2.75, 3.05) is 11.9 Å². The standard InChI is InChI=1S/C13H17N3OS/c1-3-14-13-15-11(17-9-5-4-6-9)10-7-8(2)18-12(10)16-13/h7,9H,3-6H2,1-2H3,(H,14,15,16). The quantitative estimate of drug-likeness (QED) is 0.918. The number of nitrogens with zero attached hydrogens (tertiary/aromatic N) is 2. The lowest BCUT2D eigenvalue weighted by Gasteiger charge is -2.26. The summed E-state index contributed by atoms with van der Waals surface area (Å²) in [6, 6.07) is 2.11. The molecule has 2 aromatic rings. The average molecular weight is 263 g/mol. The zero-order valence-electron chi connectivity index (χ0n) is 10.7. The molecule has 1 fully saturated rings. The molecule has 0 radical (unpaired) electrons. The Bertz CT molecular complexity index is 563. The fourth-order valence-corrected chi connectivity index (χ4v) is 2.86. The molecule has 2 aromatic heterocycles. The van der Waals surface area contributed by atoms with Crippen molar-refractivity contribution in [3.8, 4) is 5.88 Å². The van der Waals surface area contributed by atoms with Crippen LogP contribution in [0.15, 0.2) is 6.07 Å². The molecule has 4 nitrogen and oxygen atoms in total. The van der Waals surface area contributed by atoms with E-state index < -0.39 is 0 Å². The summed E-state index contributed by atoms with van der Waals surface area (Å²) in [5.41, 5.74) is 0. The molecule has 0 atom stereocenters. The Morgan fingerprint density at radius 3 is 2.94 bits per heavy atom. The molecule has 0 saturated heterocycles. The summed E-state index contributed by atoms with van der Waals surface area (Å²) in [6.45, 7) is 4.95. The zero-order chi connectivity index (χ0) is 12.5. The smallest absolute Gasteiger partial charge is 0.227 e. The third-order valence-electron chi connectivity index (χ3n) is 3.15. The number of rotatable bonds is 4. The van der Waals surface area contributed by atoms with Gasteiger partial charge in [-0.15, -0.1) is 11.3 Å². The summed E-state index contributed by atoms with van der Waals surface area (Å²) >= 11 is 1.69. The van der Waals surface area contributed by atoms with Crippen LogP contribution in [0.4, 0.5) is 5.95 Å². The minimum Gasteiger partial charge on any atom is -0.474 e. The molecule has 0 unspecified atom stereocenters. The van der Waals surface area contributed by atoms with Crippen LogP contribution in [0.1, 0.15) is 31.1 Å². The number of nitrogens with one attached hydrogen (secondary N) is 1. The van der Waals surface area contributed by atoms with Crippen LogP contribution in [0.2, 0.25) is 0 Å². The minimum absolute atomic E-state index is 0.345. The fourth-order valence-electron chi connectivity index (χ4n) is 1.99. The molecule has 5 heteroatoms. The van der Waals surface area contributed by atoms with Crippen molar-refractivity contribution < 1.29 is 4.74 Å². The summed E-state index contributed by atoms with van der Waals surface area (Å²) in [5.74, 6) is 1.41. The maximum absolute atomic E-state index is 5.98. The molecule has 96 valence electrons. The van der Waals surface area contributed by atoms with Gasteiger partial charge in [0.1, 0.15) is 10.9 Å². The van der Waals surface area contributed by atoms with E-state index in [-0.39, 0.29) is 0 Å². The number of hydrogen-bond donors (Lipinski definition) is 1. The number of aromatic nitrogens is 2. The second kappa shape index (κ2) is 4.72. The first-order chi connectivity index (χ1) is 8.76. The second-order valence-corrected chi connectivity index (χ2v) is 5.86. The van der Waals surface area contributed by atoms with E-state index in [9.17, 15) is 0 Å². The van der Waals surface area contributed by atoms with Crippen molar-refractivity contribution in [1.29, 1.82) is 0 Å². The predicted molar refractivity (Wildman–Crippen MR) is 74.6 cm³/mol. The topological polar surface area (TPSA) is 47.0 Å². The largest absolute Gasteiger partial charge is 0.474 e. The predicted octanol–water partition coefficient (Wildman–Crippen LogP) is 3.36. The van der Waals surface area contributed by atoms with Crippen molar-refractivity contribution in [2.24, 2.45) is 0 Å². The molecule has 1 aliphatic carbocycles. The van der Waals surface area contributed by atoms with Crippen LogP contribution in [0.3, 0.4) is 0 Å². The lowest BCUT2D eigenvalue weighted by molar-refractivity contribution is 0.117. The monoisotopic (exact) mass is 263 g/mol. The lowest BCUT2D eigenvalue weighted by Crippen LogP contribution is -2.25. The van der Waals surface area contributed by atoms with Crippen LogP contribution in [0.5, 0.6) is 5.88 Å². The summed E-state index contributed by atoms with van der Waals surface area (Å²) < 4.78 is 5.98. The van der Waals surface area contributed by atoms with Crippen LogP contribution in [0.25, 0.3) is 10.2 Å². The van der Waals surface area contributed by atoms with Gasteiger partial charge in [-0.2, -0.15) is 4.98 Å². The summed E-state index contributed by atoms with van der Waals surface area (Å²) in [6.07, 6.45) is 3.90. The van der Waals surface area contributed by atoms with Gasteiger partial charge in [0, 0.05) is 11.4 Å². The maximum atomic E-state index is 5.98. The van der Waals surface area contributed by atoms with Gasteiger partial charge in [0.25, 0.3) is 0 Å². The maximum Gasteiger partial charge on any atom is 0.227 e. The molecular formula is C13H17N3OS. The zero-order valence-corrected chi connectivity index (χ0v) is 11.5. The van der Waals surface area contributed by atoms with E-state index in [1.54, 1.807) is 11.3 Å². The molecule has 0 aliphatic heterocycles. The van der Waals surface area contributed by atoms with Gasteiger partial charge in [0.05, 0.1) is 5.39 Å². The van der Waals surface area contributed by atoms with Gasteiger partial charge in [0.2, 0.25) is 11.8 Å². The first-order valence-corrected chi connectivity index (χ1v) is 7.26. The Labute approximate surface area is 110 Å². The van der Waals surface area contributed by atoms with Crippen LogP contribution in [-0.2, 0) is 0 Å². The van der Waals surface area contributed by atoms with Gasteiger partial charge in [-0.05, 0) is 39.2 Å². The van der Waals surface area contributed by atoms with Gasteiger partial charge in [-0.25, -0.2) is 4.98 Å². The SMILES string of the molecule is CCNc1nc(OC2CCC2)c2cc(C)sc2n1. The van der Waals surface area contributed by atoms with E-state index in [2.05, 4.69) is 28.3 Å². The Kier molecular flexibility index (Phi) is 3.07. The molecule has 1 aliphatic rings. The molecule has 18 heavy (non-hydrogen) atoms. The number of anilines is 1. The van der Waals surface area contributed by atoms with Gasteiger partial charge in [0.15, 0.2) is 0 Å². The molecule has 0 aromatic carbocycles. The Morgan fingerprint density at radius 1 is 1.44 bits per heavy atom. The lowest BCUT2D eigenvalue weighted by atomic mass is 9.96. The Hall–Kier alpha value is -1.36. The highest BCUT2D eigenvalue weighted by Crippen LogP contribution is 2.33. The summed E-state index contributed by atoms with van der Waals surface area (Å²) in [7, 11) is 0. The second-order valence-electron chi connectivity index (χ2n) is 4.63. The number of ether oxygens (including phenoxy) is 1. The molecule has 2 heterocycles. The van der Waals surface area contributed by atoms with Crippen molar-refractivity contribution in [1.82, 2.24) is 9.97 Å². The fraction of sp³-hybridized carbons (Fsp3) is 0.538. The van der Waals surface area contributed by atoms with Crippen molar-refractivity contribution >= 4 is 27.5 Å². The van der Waals surface area contributed by atoms with Gasteiger partial charge < -0.3 is 10.1 Å². The molecule has 0 bridgehead atoms. The van der Waals surface area contributed by atoms with E-state index >= 15 is 0 Å². The third kappa shape index (κ3) is 2.14.